The number of nitrogens with zero attached hydrogens (tertiary/aromatic N) is 1. The second-order valence-electron chi connectivity index (χ2n) is 5.08. The van der Waals surface area contributed by atoms with Crippen LogP contribution in [0.3, 0.4) is 0 Å². The second-order valence-corrected chi connectivity index (χ2v) is 5.08. The van der Waals surface area contributed by atoms with Crippen molar-refractivity contribution in [2.24, 2.45) is 0 Å². The molecule has 3 rings (SSSR count). The van der Waals surface area contributed by atoms with Gasteiger partial charge in [-0.3, -0.25) is 5.32 Å². The highest BCUT2D eigenvalue weighted by Gasteiger charge is 2.12. The number of hydrogen-bond donors (Lipinski definition) is 1. The number of oxazole rings is 1. The van der Waals surface area contributed by atoms with Crippen LogP contribution in [0.4, 0.5) is 10.5 Å². The highest BCUT2D eigenvalue weighted by molar-refractivity contribution is 5.92. The highest BCUT2D eigenvalue weighted by atomic mass is 16.5. The largest absolute Gasteiger partial charge is 0.452 e. The number of benzene rings is 2. The van der Waals surface area contributed by atoms with Gasteiger partial charge in [0, 0.05) is 5.69 Å². The van der Waals surface area contributed by atoms with Crippen molar-refractivity contribution in [1.29, 1.82) is 0 Å². The third-order valence-corrected chi connectivity index (χ3v) is 3.29. The van der Waals surface area contributed by atoms with E-state index in [2.05, 4.69) is 10.3 Å². The number of carbonyl (C=O) groups is 2. The van der Waals surface area contributed by atoms with Gasteiger partial charge >= 0.3 is 12.1 Å². The van der Waals surface area contributed by atoms with E-state index in [1.54, 1.807) is 31.2 Å². The molecule has 1 aromatic heterocycles. The Morgan fingerprint density at radius 1 is 1.12 bits per heavy atom. The summed E-state index contributed by atoms with van der Waals surface area (Å²) in [6.07, 6.45) is -0.584. The van der Waals surface area contributed by atoms with Crippen LogP contribution in [0.2, 0.25) is 0 Å². The lowest BCUT2D eigenvalue weighted by Gasteiger charge is -2.07. The standard InChI is InChI=1S/C18H16N2O5/c1-2-23-18(22)19-13-7-5-6-12(10-13)17(21)24-11-16-20-14-8-3-4-9-15(14)25-16/h3-10H,2,11H2,1H3,(H,19,22). The van der Waals surface area contributed by atoms with Gasteiger partial charge in [0.05, 0.1) is 12.2 Å². The van der Waals surface area contributed by atoms with E-state index in [0.29, 0.717) is 28.2 Å². The number of nitrogens with one attached hydrogen (secondary N) is 1. The van der Waals surface area contributed by atoms with E-state index in [1.807, 2.05) is 18.2 Å². The van der Waals surface area contributed by atoms with Crippen molar-refractivity contribution >= 4 is 28.8 Å². The summed E-state index contributed by atoms with van der Waals surface area (Å²) in [5.41, 5.74) is 2.07. The molecule has 2 aromatic carbocycles. The van der Waals surface area contributed by atoms with Crippen molar-refractivity contribution in [2.45, 2.75) is 13.5 Å². The lowest BCUT2D eigenvalue weighted by molar-refractivity contribution is 0.0440. The van der Waals surface area contributed by atoms with Gasteiger partial charge in [-0.25, -0.2) is 14.6 Å². The summed E-state index contributed by atoms with van der Waals surface area (Å²) in [6.45, 7) is 1.89. The minimum atomic E-state index is -0.584. The summed E-state index contributed by atoms with van der Waals surface area (Å²) >= 11 is 0. The fourth-order valence-corrected chi connectivity index (χ4v) is 2.20. The van der Waals surface area contributed by atoms with Gasteiger partial charge < -0.3 is 13.9 Å². The van der Waals surface area contributed by atoms with Crippen molar-refractivity contribution in [3.8, 4) is 0 Å². The molecule has 7 heteroatoms. The first-order valence-corrected chi connectivity index (χ1v) is 7.71. The Labute approximate surface area is 143 Å². The molecule has 0 saturated heterocycles. The summed E-state index contributed by atoms with van der Waals surface area (Å²) in [7, 11) is 0. The van der Waals surface area contributed by atoms with E-state index in [1.165, 1.54) is 6.07 Å². The van der Waals surface area contributed by atoms with Gasteiger partial charge in [-0.15, -0.1) is 0 Å². The topological polar surface area (TPSA) is 90.7 Å². The van der Waals surface area contributed by atoms with Gasteiger partial charge in [0.15, 0.2) is 12.2 Å². The molecule has 3 aromatic rings. The maximum absolute atomic E-state index is 12.2. The first-order valence-electron chi connectivity index (χ1n) is 7.71. The molecule has 25 heavy (non-hydrogen) atoms. The maximum atomic E-state index is 12.2. The molecule has 0 aliphatic rings. The number of aromatic nitrogens is 1. The number of para-hydroxylation sites is 2. The summed E-state index contributed by atoms with van der Waals surface area (Å²) < 4.78 is 15.5. The van der Waals surface area contributed by atoms with Crippen molar-refractivity contribution < 1.29 is 23.5 Å². The molecule has 0 spiro atoms. The van der Waals surface area contributed by atoms with Crippen LogP contribution in [0.1, 0.15) is 23.2 Å². The maximum Gasteiger partial charge on any atom is 0.411 e. The highest BCUT2D eigenvalue weighted by Crippen LogP contribution is 2.16. The molecular weight excluding hydrogens is 324 g/mol. The minimum absolute atomic E-state index is 0.0803. The van der Waals surface area contributed by atoms with Crippen LogP contribution in [0, 0.1) is 0 Å². The van der Waals surface area contributed by atoms with Crippen LogP contribution in [-0.2, 0) is 16.1 Å². The number of esters is 1. The minimum Gasteiger partial charge on any atom is -0.452 e. The van der Waals surface area contributed by atoms with E-state index in [0.717, 1.165) is 0 Å². The van der Waals surface area contributed by atoms with E-state index < -0.39 is 12.1 Å². The quantitative estimate of drug-likeness (QED) is 0.711. The molecule has 1 amide bonds. The summed E-state index contributed by atoms with van der Waals surface area (Å²) in [5.74, 6) is -0.231. The molecule has 0 fully saturated rings. The molecule has 0 aliphatic heterocycles. The second kappa shape index (κ2) is 7.48. The lowest BCUT2D eigenvalue weighted by Crippen LogP contribution is -2.14. The van der Waals surface area contributed by atoms with Crippen molar-refractivity contribution in [2.75, 3.05) is 11.9 Å². The zero-order valence-corrected chi connectivity index (χ0v) is 13.5. The Hall–Kier alpha value is -3.35. The number of hydrogen-bond acceptors (Lipinski definition) is 6. The zero-order valence-electron chi connectivity index (χ0n) is 13.5. The molecular formula is C18H16N2O5. The average Bonchev–Trinajstić information content (AvgIpc) is 3.03. The van der Waals surface area contributed by atoms with Gasteiger partial charge in [0.1, 0.15) is 5.52 Å². The third-order valence-electron chi connectivity index (χ3n) is 3.29. The molecule has 1 N–H and O–H groups in total. The molecule has 128 valence electrons. The SMILES string of the molecule is CCOC(=O)Nc1cccc(C(=O)OCc2nc3ccccc3o2)c1. The molecule has 0 aliphatic carbocycles. The fraction of sp³-hybridized carbons (Fsp3) is 0.167. The van der Waals surface area contributed by atoms with Gasteiger partial charge in [-0.2, -0.15) is 0 Å². The molecule has 0 saturated carbocycles. The fourth-order valence-electron chi connectivity index (χ4n) is 2.20. The first-order chi connectivity index (χ1) is 12.2. The Bertz CT molecular complexity index is 870. The van der Waals surface area contributed by atoms with Gasteiger partial charge in [0.25, 0.3) is 0 Å². The predicted octanol–water partition coefficient (Wildman–Crippen LogP) is 3.75. The van der Waals surface area contributed by atoms with Gasteiger partial charge in [0.2, 0.25) is 5.89 Å². The Balaban J connectivity index is 1.63. The number of ether oxygens (including phenoxy) is 2. The molecule has 0 unspecified atom stereocenters. The summed E-state index contributed by atoms with van der Waals surface area (Å²) in [6, 6.07) is 13.7. The summed E-state index contributed by atoms with van der Waals surface area (Å²) in [5, 5.41) is 2.53. The predicted molar refractivity (Wildman–Crippen MR) is 90.2 cm³/mol. The van der Waals surface area contributed by atoms with E-state index in [4.69, 9.17) is 13.9 Å². The molecule has 0 bridgehead atoms. The van der Waals surface area contributed by atoms with Crippen molar-refractivity contribution in [1.82, 2.24) is 4.98 Å². The molecule has 1 heterocycles. The monoisotopic (exact) mass is 340 g/mol. The smallest absolute Gasteiger partial charge is 0.411 e. The van der Waals surface area contributed by atoms with Crippen LogP contribution in [0.15, 0.2) is 52.9 Å². The normalized spacial score (nSPS) is 10.4. The Kier molecular flexibility index (Phi) is 4.94. The summed E-state index contributed by atoms with van der Waals surface area (Å²) in [4.78, 5) is 27.8. The number of anilines is 1. The first kappa shape index (κ1) is 16.5. The molecule has 7 nitrogen and oxygen atoms in total. The van der Waals surface area contributed by atoms with Gasteiger partial charge in [-0.05, 0) is 37.3 Å². The number of amides is 1. The van der Waals surface area contributed by atoms with Crippen LogP contribution in [0.5, 0.6) is 0 Å². The zero-order chi connectivity index (χ0) is 17.6. The van der Waals surface area contributed by atoms with Crippen LogP contribution < -0.4 is 5.32 Å². The Morgan fingerprint density at radius 3 is 2.76 bits per heavy atom. The molecule has 0 atom stereocenters. The van der Waals surface area contributed by atoms with Crippen LogP contribution in [0.25, 0.3) is 11.1 Å². The number of rotatable bonds is 5. The lowest BCUT2D eigenvalue weighted by atomic mass is 10.2. The van der Waals surface area contributed by atoms with Crippen LogP contribution >= 0.6 is 0 Å². The third kappa shape index (κ3) is 4.14. The van der Waals surface area contributed by atoms with E-state index in [-0.39, 0.29) is 13.2 Å². The molecule has 0 radical (unpaired) electrons. The average molecular weight is 340 g/mol. The van der Waals surface area contributed by atoms with Gasteiger partial charge in [-0.1, -0.05) is 18.2 Å². The van der Waals surface area contributed by atoms with Crippen molar-refractivity contribution in [3.05, 3.63) is 60.0 Å². The number of fused-ring (bicyclic) bond motifs is 1. The van der Waals surface area contributed by atoms with Crippen molar-refractivity contribution in [3.63, 3.8) is 0 Å². The van der Waals surface area contributed by atoms with E-state index >= 15 is 0 Å². The van der Waals surface area contributed by atoms with Crippen LogP contribution in [-0.4, -0.2) is 23.7 Å². The van der Waals surface area contributed by atoms with E-state index in [9.17, 15) is 9.59 Å². The Morgan fingerprint density at radius 2 is 1.96 bits per heavy atom. The number of carbonyl (C=O) groups excluding carboxylic acids is 2.